The van der Waals surface area contributed by atoms with E-state index in [0.29, 0.717) is 11.4 Å². The maximum Gasteiger partial charge on any atom is 0.149 e. The fourth-order valence-corrected chi connectivity index (χ4v) is 3.10. The van der Waals surface area contributed by atoms with Gasteiger partial charge in [0.25, 0.3) is 0 Å². The van der Waals surface area contributed by atoms with E-state index in [9.17, 15) is 5.26 Å². The maximum atomic E-state index is 9.62. The first-order valence-corrected chi connectivity index (χ1v) is 8.58. The number of benzene rings is 2. The molecule has 0 saturated heterocycles. The molecule has 0 aliphatic carbocycles. The van der Waals surface area contributed by atoms with Crippen LogP contribution in [0.4, 0.5) is 0 Å². The molecule has 0 unspecified atom stereocenters. The molecule has 5 nitrogen and oxygen atoms in total. The van der Waals surface area contributed by atoms with Crippen LogP contribution < -0.4 is 4.74 Å². The number of allylic oxidation sites excluding steroid dienone is 1. The average Bonchev–Trinajstić information content (AvgIpc) is 3.29. The zero-order chi connectivity index (χ0) is 18.8. The van der Waals surface area contributed by atoms with E-state index in [0.717, 1.165) is 33.7 Å². The fourth-order valence-electron chi connectivity index (χ4n) is 3.10. The van der Waals surface area contributed by atoms with Gasteiger partial charge in [-0.25, -0.2) is 4.98 Å². The van der Waals surface area contributed by atoms with Crippen LogP contribution in [0, 0.1) is 18.3 Å². The van der Waals surface area contributed by atoms with Gasteiger partial charge in [-0.05, 0) is 61.0 Å². The molecule has 0 bridgehead atoms. The minimum atomic E-state index is 0.498. The molecule has 2 aromatic heterocycles. The van der Waals surface area contributed by atoms with Crippen molar-refractivity contribution in [2.45, 2.75) is 6.92 Å². The van der Waals surface area contributed by atoms with Crippen molar-refractivity contribution in [2.75, 3.05) is 7.11 Å². The molecule has 0 aliphatic heterocycles. The van der Waals surface area contributed by atoms with E-state index in [1.54, 1.807) is 7.11 Å². The number of imidazole rings is 1. The predicted molar refractivity (Wildman–Crippen MR) is 107 cm³/mol. The third-order valence-corrected chi connectivity index (χ3v) is 4.46. The van der Waals surface area contributed by atoms with Gasteiger partial charge in [0.1, 0.15) is 17.6 Å². The Morgan fingerprint density at radius 2 is 1.96 bits per heavy atom. The number of fused-ring (bicyclic) bond motifs is 1. The molecule has 0 atom stereocenters. The Morgan fingerprint density at radius 1 is 1.19 bits per heavy atom. The second-order valence-corrected chi connectivity index (χ2v) is 6.26. The highest BCUT2D eigenvalue weighted by Crippen LogP contribution is 2.23. The van der Waals surface area contributed by atoms with Crippen molar-refractivity contribution in [1.82, 2.24) is 14.5 Å². The summed E-state index contributed by atoms with van der Waals surface area (Å²) in [5.74, 6) is 1.40. The molecule has 4 rings (SSSR count). The molecule has 0 radical (unpaired) electrons. The molecule has 0 aliphatic rings. The van der Waals surface area contributed by atoms with Crippen LogP contribution in [0.3, 0.4) is 0 Å². The van der Waals surface area contributed by atoms with Gasteiger partial charge in [-0.1, -0.05) is 12.1 Å². The summed E-state index contributed by atoms with van der Waals surface area (Å²) < 4.78 is 7.30. The van der Waals surface area contributed by atoms with Crippen LogP contribution >= 0.6 is 0 Å². The van der Waals surface area contributed by atoms with E-state index in [-0.39, 0.29) is 0 Å². The molecular formula is C22H18N4O. The third kappa shape index (κ3) is 3.21. The first-order valence-electron chi connectivity index (χ1n) is 8.58. The summed E-state index contributed by atoms with van der Waals surface area (Å²) in [6.07, 6.45) is 3.86. The van der Waals surface area contributed by atoms with Gasteiger partial charge >= 0.3 is 0 Å². The lowest BCUT2D eigenvalue weighted by Crippen LogP contribution is -1.94. The number of aromatic nitrogens is 3. The van der Waals surface area contributed by atoms with E-state index in [4.69, 9.17) is 4.74 Å². The van der Waals surface area contributed by atoms with Gasteiger partial charge in [-0.2, -0.15) is 5.26 Å². The van der Waals surface area contributed by atoms with E-state index in [1.807, 2.05) is 73.8 Å². The van der Waals surface area contributed by atoms with Crippen LogP contribution in [0.5, 0.6) is 5.75 Å². The highest BCUT2D eigenvalue weighted by molar-refractivity contribution is 5.90. The van der Waals surface area contributed by atoms with E-state index >= 15 is 0 Å². The van der Waals surface area contributed by atoms with Crippen molar-refractivity contribution in [3.05, 3.63) is 77.9 Å². The van der Waals surface area contributed by atoms with Gasteiger partial charge in [0.15, 0.2) is 0 Å². The number of aryl methyl sites for hydroxylation is 1. The number of hydrogen-bond acceptors (Lipinski definition) is 3. The lowest BCUT2D eigenvalue weighted by Gasteiger charge is -2.06. The number of rotatable bonds is 4. The molecule has 0 saturated carbocycles. The Bertz CT molecular complexity index is 1140. The maximum absolute atomic E-state index is 9.62. The highest BCUT2D eigenvalue weighted by atomic mass is 16.5. The standard InChI is InChI=1S/C22H18N4O/c1-15-11-16(14-26(15)18-7-9-19(27-2)10-8-18)12-17(13-23)22-24-20-5-3-4-6-21(20)25-22/h3-12,14H,1-2H3,(H,24,25)/b17-12+. The number of nitriles is 1. The largest absolute Gasteiger partial charge is 0.497 e. The lowest BCUT2D eigenvalue weighted by molar-refractivity contribution is 0.414. The molecular weight excluding hydrogens is 336 g/mol. The number of aromatic amines is 1. The minimum absolute atomic E-state index is 0.498. The van der Waals surface area contributed by atoms with Crippen LogP contribution in [0.1, 0.15) is 17.1 Å². The van der Waals surface area contributed by atoms with Crippen LogP contribution in [0.25, 0.3) is 28.4 Å². The Kier molecular flexibility index (Phi) is 4.23. The number of nitrogens with one attached hydrogen (secondary N) is 1. The van der Waals surface area contributed by atoms with Crippen molar-refractivity contribution < 1.29 is 4.74 Å². The summed E-state index contributed by atoms with van der Waals surface area (Å²) in [6.45, 7) is 2.04. The third-order valence-electron chi connectivity index (χ3n) is 4.46. The Labute approximate surface area is 157 Å². The van der Waals surface area contributed by atoms with Crippen LogP contribution in [0.2, 0.25) is 0 Å². The Morgan fingerprint density at radius 3 is 2.67 bits per heavy atom. The molecule has 2 aromatic carbocycles. The normalized spacial score (nSPS) is 11.5. The fraction of sp³-hybridized carbons (Fsp3) is 0.0909. The predicted octanol–water partition coefficient (Wildman–Crippen LogP) is 4.73. The van der Waals surface area contributed by atoms with E-state index in [2.05, 4.69) is 20.6 Å². The molecule has 5 heteroatoms. The molecule has 0 fully saturated rings. The minimum Gasteiger partial charge on any atom is -0.497 e. The molecule has 0 amide bonds. The van der Waals surface area contributed by atoms with Crippen LogP contribution in [0.15, 0.2) is 60.8 Å². The number of H-pyrrole nitrogens is 1. The molecule has 1 N–H and O–H groups in total. The van der Waals surface area contributed by atoms with Crippen molar-refractivity contribution in [2.24, 2.45) is 0 Å². The molecule has 27 heavy (non-hydrogen) atoms. The van der Waals surface area contributed by atoms with Gasteiger partial charge in [-0.3, -0.25) is 0 Å². The SMILES string of the molecule is COc1ccc(-n2cc(/C=C(\C#N)c3nc4ccccc4[nH]3)cc2C)cc1. The quantitative estimate of drug-likeness (QED) is 0.539. The molecule has 2 heterocycles. The number of ether oxygens (including phenoxy) is 1. The summed E-state index contributed by atoms with van der Waals surface area (Å²) in [5, 5.41) is 9.62. The zero-order valence-corrected chi connectivity index (χ0v) is 15.1. The van der Waals surface area contributed by atoms with Gasteiger partial charge in [0.05, 0.1) is 23.7 Å². The van der Waals surface area contributed by atoms with Crippen molar-refractivity contribution in [3.63, 3.8) is 0 Å². The molecule has 132 valence electrons. The van der Waals surface area contributed by atoms with E-state index in [1.165, 1.54) is 0 Å². The zero-order valence-electron chi connectivity index (χ0n) is 15.1. The molecule has 0 spiro atoms. The second-order valence-electron chi connectivity index (χ2n) is 6.26. The van der Waals surface area contributed by atoms with Gasteiger partial charge in [0, 0.05) is 17.6 Å². The highest BCUT2D eigenvalue weighted by Gasteiger charge is 2.09. The van der Waals surface area contributed by atoms with Crippen molar-refractivity contribution in [1.29, 1.82) is 5.26 Å². The summed E-state index contributed by atoms with van der Waals surface area (Å²) in [6, 6.07) is 19.9. The van der Waals surface area contributed by atoms with Crippen molar-refractivity contribution >= 4 is 22.7 Å². The monoisotopic (exact) mass is 354 g/mol. The summed E-state index contributed by atoms with van der Waals surface area (Å²) in [7, 11) is 1.65. The Balaban J connectivity index is 1.71. The topological polar surface area (TPSA) is 66.6 Å². The van der Waals surface area contributed by atoms with Crippen LogP contribution in [-0.2, 0) is 0 Å². The molecule has 4 aromatic rings. The Hall–Kier alpha value is -3.78. The summed E-state index contributed by atoms with van der Waals surface area (Å²) in [4.78, 5) is 7.73. The van der Waals surface area contributed by atoms with Crippen molar-refractivity contribution in [3.8, 4) is 17.5 Å². The summed E-state index contributed by atoms with van der Waals surface area (Å²) >= 11 is 0. The number of para-hydroxylation sites is 2. The van der Waals surface area contributed by atoms with E-state index < -0.39 is 0 Å². The van der Waals surface area contributed by atoms with Gasteiger partial charge in [-0.15, -0.1) is 0 Å². The average molecular weight is 354 g/mol. The van der Waals surface area contributed by atoms with Crippen LogP contribution in [-0.4, -0.2) is 21.6 Å². The smallest absolute Gasteiger partial charge is 0.149 e. The first kappa shape index (κ1) is 16.7. The number of hydrogen-bond donors (Lipinski definition) is 1. The first-order chi connectivity index (χ1) is 13.2. The van der Waals surface area contributed by atoms with Gasteiger partial charge < -0.3 is 14.3 Å². The second kappa shape index (κ2) is 6.85. The van der Waals surface area contributed by atoms with Gasteiger partial charge in [0.2, 0.25) is 0 Å². The number of nitrogens with zero attached hydrogens (tertiary/aromatic N) is 3. The lowest BCUT2D eigenvalue weighted by atomic mass is 10.2. The number of methoxy groups -OCH3 is 1. The summed E-state index contributed by atoms with van der Waals surface area (Å²) in [5.41, 5.74) is 5.32.